The van der Waals surface area contributed by atoms with Gasteiger partial charge in [0.25, 0.3) is 0 Å². The Morgan fingerprint density at radius 1 is 0.966 bits per heavy atom. The summed E-state index contributed by atoms with van der Waals surface area (Å²) in [5.74, 6) is 1.95. The lowest BCUT2D eigenvalue weighted by atomic mass is 10.2. The molecule has 0 bridgehead atoms. The van der Waals surface area contributed by atoms with E-state index in [0.29, 0.717) is 46.3 Å². The third-order valence-electron chi connectivity index (χ3n) is 3.96. The summed E-state index contributed by atoms with van der Waals surface area (Å²) in [4.78, 5) is 0. The minimum atomic E-state index is 0. The van der Waals surface area contributed by atoms with Gasteiger partial charge in [0.05, 0.1) is 24.4 Å². The van der Waals surface area contributed by atoms with Crippen LogP contribution in [0.25, 0.3) is 0 Å². The van der Waals surface area contributed by atoms with Crippen LogP contribution >= 0.6 is 47.2 Å². The highest BCUT2D eigenvalue weighted by atomic mass is 35.5. The Kier molecular flexibility index (Phi) is 9.47. The standard InChI is InChI=1S/C21H20Cl3NO3.ClH/c1-2-26-20-9-14(11-25-12-17-4-3-7-27-17)8-19(24)21(20)28-13-15-5-6-16(22)10-18(15)23;/h3-10,25H,2,11-13H2,1H3;1H. The van der Waals surface area contributed by atoms with Gasteiger partial charge in [-0.05, 0) is 48.9 Å². The summed E-state index contributed by atoms with van der Waals surface area (Å²) in [6.45, 7) is 3.91. The first-order valence-electron chi connectivity index (χ1n) is 8.82. The van der Waals surface area contributed by atoms with Gasteiger partial charge in [0.1, 0.15) is 12.4 Å². The topological polar surface area (TPSA) is 43.6 Å². The molecule has 4 nitrogen and oxygen atoms in total. The maximum atomic E-state index is 6.47. The van der Waals surface area contributed by atoms with Crippen molar-refractivity contribution in [3.05, 3.63) is 80.7 Å². The summed E-state index contributed by atoms with van der Waals surface area (Å²) in [6.07, 6.45) is 1.65. The van der Waals surface area contributed by atoms with Crippen molar-refractivity contribution in [1.82, 2.24) is 5.32 Å². The lowest BCUT2D eigenvalue weighted by molar-refractivity contribution is 0.269. The van der Waals surface area contributed by atoms with Gasteiger partial charge in [-0.25, -0.2) is 0 Å². The molecule has 3 rings (SSSR count). The average molecular weight is 477 g/mol. The summed E-state index contributed by atoms with van der Waals surface area (Å²) in [5, 5.41) is 4.91. The second kappa shape index (κ2) is 11.6. The van der Waals surface area contributed by atoms with Crippen molar-refractivity contribution >= 4 is 47.2 Å². The van der Waals surface area contributed by atoms with Crippen molar-refractivity contribution in [1.29, 1.82) is 0 Å². The summed E-state index contributed by atoms with van der Waals surface area (Å²) >= 11 is 18.6. The fourth-order valence-electron chi connectivity index (χ4n) is 2.66. The van der Waals surface area contributed by atoms with Crippen LogP contribution in [-0.2, 0) is 19.7 Å². The lowest BCUT2D eigenvalue weighted by Gasteiger charge is -2.16. The fourth-order valence-corrected chi connectivity index (χ4v) is 3.41. The van der Waals surface area contributed by atoms with Gasteiger partial charge >= 0.3 is 0 Å². The molecule has 3 aromatic rings. The zero-order chi connectivity index (χ0) is 19.9. The van der Waals surface area contributed by atoms with Gasteiger partial charge in [0, 0.05) is 22.2 Å². The Labute approximate surface area is 191 Å². The number of furan rings is 1. The Hall–Kier alpha value is -1.56. The number of nitrogens with one attached hydrogen (secondary N) is 1. The van der Waals surface area contributed by atoms with Gasteiger partial charge < -0.3 is 19.2 Å². The molecule has 0 atom stereocenters. The molecule has 1 heterocycles. The zero-order valence-corrected chi connectivity index (χ0v) is 18.8. The van der Waals surface area contributed by atoms with Crippen molar-refractivity contribution in [2.24, 2.45) is 0 Å². The van der Waals surface area contributed by atoms with Crippen molar-refractivity contribution in [2.45, 2.75) is 26.6 Å². The number of ether oxygens (including phenoxy) is 2. The molecule has 0 aliphatic heterocycles. The Morgan fingerprint density at radius 3 is 2.48 bits per heavy atom. The quantitative estimate of drug-likeness (QED) is 0.363. The SMILES string of the molecule is CCOc1cc(CNCc2ccco2)cc(Cl)c1OCc1ccc(Cl)cc1Cl.Cl. The van der Waals surface area contributed by atoms with E-state index in [1.165, 1.54) is 0 Å². The molecular weight excluding hydrogens is 456 g/mol. The third kappa shape index (κ3) is 6.73. The van der Waals surface area contributed by atoms with E-state index >= 15 is 0 Å². The molecule has 0 amide bonds. The van der Waals surface area contributed by atoms with E-state index in [1.807, 2.05) is 37.3 Å². The molecule has 0 spiro atoms. The highest BCUT2D eigenvalue weighted by Gasteiger charge is 2.14. The first-order chi connectivity index (χ1) is 13.6. The maximum absolute atomic E-state index is 6.47. The highest BCUT2D eigenvalue weighted by Crippen LogP contribution is 2.37. The normalized spacial score (nSPS) is 10.5. The molecule has 0 saturated heterocycles. The van der Waals surface area contributed by atoms with Gasteiger partial charge in [-0.1, -0.05) is 40.9 Å². The zero-order valence-electron chi connectivity index (χ0n) is 15.7. The number of rotatable bonds is 9. The molecule has 0 radical (unpaired) electrons. The van der Waals surface area contributed by atoms with Crippen molar-refractivity contribution in [2.75, 3.05) is 6.61 Å². The molecule has 0 unspecified atom stereocenters. The number of hydrogen-bond acceptors (Lipinski definition) is 4. The number of halogens is 4. The lowest BCUT2D eigenvalue weighted by Crippen LogP contribution is -2.12. The molecule has 0 aliphatic carbocycles. The second-order valence-electron chi connectivity index (χ2n) is 6.05. The smallest absolute Gasteiger partial charge is 0.180 e. The van der Waals surface area contributed by atoms with Crippen LogP contribution in [0.1, 0.15) is 23.8 Å². The summed E-state index contributed by atoms with van der Waals surface area (Å²) in [7, 11) is 0. The van der Waals surface area contributed by atoms with Gasteiger partial charge in [-0.3, -0.25) is 0 Å². The second-order valence-corrected chi connectivity index (χ2v) is 7.30. The number of benzene rings is 2. The summed E-state index contributed by atoms with van der Waals surface area (Å²) in [6, 6.07) is 12.8. The molecule has 0 aliphatic rings. The summed E-state index contributed by atoms with van der Waals surface area (Å²) < 4.78 is 17.0. The molecular formula is C21H21Cl4NO3. The van der Waals surface area contributed by atoms with Crippen LogP contribution < -0.4 is 14.8 Å². The Balaban J connectivity index is 0.00000300. The molecule has 1 N–H and O–H groups in total. The van der Waals surface area contributed by atoms with Crippen molar-refractivity contribution in [3.8, 4) is 11.5 Å². The predicted octanol–water partition coefficient (Wildman–Crippen LogP) is 6.93. The van der Waals surface area contributed by atoms with Crippen LogP contribution in [0, 0.1) is 0 Å². The molecule has 0 fully saturated rings. The Bertz CT molecular complexity index is 917. The van der Waals surface area contributed by atoms with E-state index in [-0.39, 0.29) is 19.0 Å². The van der Waals surface area contributed by atoms with Crippen LogP contribution in [0.2, 0.25) is 15.1 Å². The summed E-state index contributed by atoms with van der Waals surface area (Å²) in [5.41, 5.74) is 1.80. The monoisotopic (exact) mass is 475 g/mol. The highest BCUT2D eigenvalue weighted by molar-refractivity contribution is 6.35. The minimum Gasteiger partial charge on any atom is -0.490 e. The fraction of sp³-hybridized carbons (Fsp3) is 0.238. The van der Waals surface area contributed by atoms with Crippen LogP contribution in [-0.4, -0.2) is 6.61 Å². The first kappa shape index (κ1) is 23.7. The molecule has 1 aromatic heterocycles. The van der Waals surface area contributed by atoms with Gasteiger partial charge in [-0.2, -0.15) is 0 Å². The molecule has 2 aromatic carbocycles. The van der Waals surface area contributed by atoms with Gasteiger partial charge in [-0.15, -0.1) is 12.4 Å². The molecule has 29 heavy (non-hydrogen) atoms. The maximum Gasteiger partial charge on any atom is 0.180 e. The molecule has 8 heteroatoms. The van der Waals surface area contributed by atoms with Crippen molar-refractivity contribution < 1.29 is 13.9 Å². The predicted molar refractivity (Wildman–Crippen MR) is 120 cm³/mol. The van der Waals surface area contributed by atoms with Crippen LogP contribution in [0.5, 0.6) is 11.5 Å². The van der Waals surface area contributed by atoms with Crippen LogP contribution in [0.4, 0.5) is 0 Å². The largest absolute Gasteiger partial charge is 0.490 e. The van der Waals surface area contributed by atoms with E-state index in [2.05, 4.69) is 5.32 Å². The first-order valence-corrected chi connectivity index (χ1v) is 9.95. The van der Waals surface area contributed by atoms with Gasteiger partial charge in [0.15, 0.2) is 11.5 Å². The van der Waals surface area contributed by atoms with Crippen LogP contribution in [0.15, 0.2) is 53.1 Å². The molecule has 156 valence electrons. The van der Waals surface area contributed by atoms with Gasteiger partial charge in [0.2, 0.25) is 0 Å². The molecule has 0 saturated carbocycles. The van der Waals surface area contributed by atoms with E-state index in [9.17, 15) is 0 Å². The average Bonchev–Trinajstić information content (AvgIpc) is 3.16. The minimum absolute atomic E-state index is 0. The van der Waals surface area contributed by atoms with Crippen LogP contribution in [0.3, 0.4) is 0 Å². The van der Waals surface area contributed by atoms with Crippen molar-refractivity contribution in [3.63, 3.8) is 0 Å². The Morgan fingerprint density at radius 2 is 1.79 bits per heavy atom. The van der Waals surface area contributed by atoms with E-state index in [1.54, 1.807) is 18.4 Å². The third-order valence-corrected chi connectivity index (χ3v) is 4.83. The van der Waals surface area contributed by atoms with E-state index in [4.69, 9.17) is 48.7 Å². The van der Waals surface area contributed by atoms with E-state index < -0.39 is 0 Å². The van der Waals surface area contributed by atoms with E-state index in [0.717, 1.165) is 16.9 Å². The number of hydrogen-bond donors (Lipinski definition) is 1.